The second-order valence-corrected chi connectivity index (χ2v) is 29.8. The van der Waals surface area contributed by atoms with Gasteiger partial charge in [0.2, 0.25) is 0 Å². The van der Waals surface area contributed by atoms with Gasteiger partial charge in [-0.05, 0) is 154 Å². The molecule has 598 valence electrons. The summed E-state index contributed by atoms with van der Waals surface area (Å²) in [7, 11) is -9.97. The molecule has 0 rings (SSSR count). The van der Waals surface area contributed by atoms with Gasteiger partial charge in [0.25, 0.3) is 0 Å². The number of phosphoric acid groups is 2. The Labute approximate surface area is 632 Å². The lowest BCUT2D eigenvalue weighted by Gasteiger charge is -2.21. The molecule has 3 N–H and O–H groups in total. The highest BCUT2D eigenvalue weighted by Gasteiger charge is 2.30. The Kier molecular flexibility index (Phi) is 73.3. The lowest BCUT2D eigenvalue weighted by Crippen LogP contribution is -2.30. The molecule has 0 aliphatic carbocycles. The van der Waals surface area contributed by atoms with E-state index in [1.165, 1.54) is 64.2 Å². The number of hydrogen-bond acceptors (Lipinski definition) is 15. The van der Waals surface area contributed by atoms with Crippen molar-refractivity contribution in [2.75, 3.05) is 39.6 Å². The number of hydrogen-bond donors (Lipinski definition) is 3. The van der Waals surface area contributed by atoms with Crippen LogP contribution in [0.2, 0.25) is 0 Å². The van der Waals surface area contributed by atoms with E-state index in [9.17, 15) is 43.2 Å². The van der Waals surface area contributed by atoms with Gasteiger partial charge in [-0.1, -0.05) is 278 Å². The van der Waals surface area contributed by atoms with Gasteiger partial charge in [0.1, 0.15) is 19.3 Å². The van der Waals surface area contributed by atoms with E-state index in [0.717, 1.165) is 193 Å². The molecular weight excluding hydrogens is 1350 g/mol. The summed E-state index contributed by atoms with van der Waals surface area (Å²) in [4.78, 5) is 73.1. The lowest BCUT2D eigenvalue weighted by molar-refractivity contribution is -0.161. The Morgan fingerprint density at radius 3 is 0.798 bits per heavy atom. The zero-order chi connectivity index (χ0) is 76.0. The Balaban J connectivity index is 5.40. The third kappa shape index (κ3) is 75.7. The fraction of sp³-hybridized carbons (Fsp3) is 0.718. The molecule has 0 saturated carbocycles. The van der Waals surface area contributed by atoms with Gasteiger partial charge in [-0.2, -0.15) is 0 Å². The highest BCUT2D eigenvalue weighted by molar-refractivity contribution is 7.47. The van der Waals surface area contributed by atoms with Crippen molar-refractivity contribution in [1.82, 2.24) is 0 Å². The Hall–Kier alpha value is -4.54. The van der Waals surface area contributed by atoms with Crippen LogP contribution in [0.1, 0.15) is 336 Å². The number of unbranched alkanes of at least 4 members (excludes halogenated alkanes) is 30. The first-order chi connectivity index (χ1) is 50.7. The minimum atomic E-state index is -4.99. The van der Waals surface area contributed by atoms with Crippen LogP contribution in [0.4, 0.5) is 0 Å². The van der Waals surface area contributed by atoms with Gasteiger partial charge in [0, 0.05) is 25.7 Å². The van der Waals surface area contributed by atoms with E-state index >= 15 is 0 Å². The van der Waals surface area contributed by atoms with E-state index in [1.54, 1.807) is 0 Å². The number of rotatable bonds is 76. The van der Waals surface area contributed by atoms with E-state index in [4.69, 9.17) is 37.0 Å². The van der Waals surface area contributed by atoms with Gasteiger partial charge >= 0.3 is 39.5 Å². The average Bonchev–Trinajstić information content (AvgIpc) is 0.911. The molecule has 0 fully saturated rings. The summed E-state index contributed by atoms with van der Waals surface area (Å²) >= 11 is 0. The molecule has 5 unspecified atom stereocenters. The van der Waals surface area contributed by atoms with Crippen LogP contribution in [0.25, 0.3) is 0 Å². The highest BCUT2D eigenvalue weighted by atomic mass is 31.2. The Morgan fingerprint density at radius 1 is 0.279 bits per heavy atom. The molecule has 5 atom stereocenters. The van der Waals surface area contributed by atoms with Crippen molar-refractivity contribution in [1.29, 1.82) is 0 Å². The van der Waals surface area contributed by atoms with Gasteiger partial charge in [0.05, 0.1) is 26.4 Å². The molecule has 0 heterocycles. The van der Waals surface area contributed by atoms with Crippen LogP contribution in [-0.2, 0) is 65.4 Å². The Bertz CT molecular complexity index is 2440. The predicted octanol–water partition coefficient (Wildman–Crippen LogP) is 23.9. The molecule has 0 amide bonds. The largest absolute Gasteiger partial charge is 0.472 e. The summed E-state index contributed by atoms with van der Waals surface area (Å²) in [5.74, 6) is -2.23. The molecule has 0 aliphatic heterocycles. The molecule has 0 aromatic carbocycles. The molecule has 0 aliphatic rings. The van der Waals surface area contributed by atoms with Crippen molar-refractivity contribution in [3.63, 3.8) is 0 Å². The summed E-state index contributed by atoms with van der Waals surface area (Å²) in [6.45, 7) is 4.59. The average molecular weight is 1500 g/mol. The topological polar surface area (TPSA) is 237 Å². The van der Waals surface area contributed by atoms with Gasteiger partial charge in [-0.25, -0.2) is 9.13 Å². The zero-order valence-electron chi connectivity index (χ0n) is 65.4. The highest BCUT2D eigenvalue weighted by Crippen LogP contribution is 2.45. The minimum Gasteiger partial charge on any atom is -0.462 e. The summed E-state index contributed by atoms with van der Waals surface area (Å²) in [6, 6.07) is 0. The van der Waals surface area contributed by atoms with Crippen LogP contribution >= 0.6 is 15.6 Å². The van der Waals surface area contributed by atoms with Crippen LogP contribution in [0, 0.1) is 0 Å². The van der Waals surface area contributed by atoms with E-state index < -0.39 is 97.5 Å². The molecular formula is C85H146O17P2. The van der Waals surface area contributed by atoms with Crippen molar-refractivity contribution in [3.8, 4) is 0 Å². The molecule has 0 bridgehead atoms. The molecule has 0 aromatic rings. The third-order valence-corrected chi connectivity index (χ3v) is 18.8. The summed E-state index contributed by atoms with van der Waals surface area (Å²) in [6.07, 6.45) is 84.5. The Morgan fingerprint density at radius 2 is 0.500 bits per heavy atom. The van der Waals surface area contributed by atoms with Crippen LogP contribution in [0.15, 0.2) is 122 Å². The van der Waals surface area contributed by atoms with Gasteiger partial charge in [-0.15, -0.1) is 0 Å². The lowest BCUT2D eigenvalue weighted by atomic mass is 10.1. The van der Waals surface area contributed by atoms with Crippen LogP contribution in [0.3, 0.4) is 0 Å². The maximum atomic E-state index is 13.1. The van der Waals surface area contributed by atoms with E-state index in [-0.39, 0.29) is 25.7 Å². The van der Waals surface area contributed by atoms with Crippen molar-refractivity contribution >= 4 is 39.5 Å². The first-order valence-corrected chi connectivity index (χ1v) is 43.8. The number of aliphatic hydroxyl groups is 1. The molecule has 0 radical (unpaired) electrons. The number of carbonyl (C=O) groups is 4. The standard InChI is InChI=1S/C85H146O17P2/c1-5-9-13-17-21-25-29-33-36-38-39-41-43-47-50-54-58-62-66-70-83(88)96-76-81(102-85(90)72-68-64-60-56-52-48-44-40-37-34-30-26-22-18-14-10-6-2)78-100-104(93,94)98-74-79(86)73-97-103(91,92)99-77-80(101-84(89)71-67-63-59-55-51-45-32-28-24-20-16-12-8-4)75-95-82(87)69-65-61-57-53-49-46-42-35-31-27-23-19-15-11-7-3/h9-10,13-14,21-22,25-26,28,32-37,39,41-42,47,50,79-81,86H,5-8,11-12,15-20,23-24,27,29-31,38,40,43-46,48-49,51-78H2,1-4H3,(H,91,92)(H,93,94)/b13-9-,14-10-,25-21-,26-22-,32-28-,36-33-,37-34-,41-39-,42-35-,50-47-. The SMILES string of the molecule is CC/C=C\C/C=C\C/C=C\C/C=C\C/C=C\CCCCCC(=O)OCC(COP(=O)(O)OCC(O)COP(=O)(O)OCC(COC(=O)CCCCCCC/C=C\CCCCCCCC)OC(=O)CCCCCCC/C=C\CCCCCC)OC(=O)CCCCCCCCC/C=C\C/C=C\C/C=C\CC. The predicted molar refractivity (Wildman–Crippen MR) is 427 cm³/mol. The molecule has 0 spiro atoms. The number of allylic oxidation sites excluding steroid dienone is 20. The summed E-state index contributed by atoms with van der Waals surface area (Å²) < 4.78 is 68.6. The maximum absolute atomic E-state index is 13.1. The van der Waals surface area contributed by atoms with E-state index in [1.807, 2.05) is 0 Å². The fourth-order valence-electron chi connectivity index (χ4n) is 10.7. The van der Waals surface area contributed by atoms with Crippen molar-refractivity contribution < 1.29 is 80.2 Å². The van der Waals surface area contributed by atoms with Crippen LogP contribution < -0.4 is 0 Å². The normalized spacial score (nSPS) is 14.5. The van der Waals surface area contributed by atoms with E-state index in [0.29, 0.717) is 25.7 Å². The van der Waals surface area contributed by atoms with Gasteiger partial charge < -0.3 is 33.8 Å². The van der Waals surface area contributed by atoms with E-state index in [2.05, 4.69) is 149 Å². The zero-order valence-corrected chi connectivity index (χ0v) is 67.2. The quantitative estimate of drug-likeness (QED) is 0.0169. The van der Waals surface area contributed by atoms with Gasteiger partial charge in [-0.3, -0.25) is 37.3 Å². The first kappa shape index (κ1) is 99.5. The second kappa shape index (κ2) is 76.6. The maximum Gasteiger partial charge on any atom is 0.472 e. The van der Waals surface area contributed by atoms with Gasteiger partial charge in [0.15, 0.2) is 12.2 Å². The monoisotopic (exact) mass is 1500 g/mol. The van der Waals surface area contributed by atoms with Crippen molar-refractivity contribution in [2.24, 2.45) is 0 Å². The molecule has 17 nitrogen and oxygen atoms in total. The number of ether oxygens (including phenoxy) is 4. The molecule has 0 saturated heterocycles. The summed E-state index contributed by atoms with van der Waals surface area (Å²) in [5, 5.41) is 10.6. The fourth-order valence-corrected chi connectivity index (χ4v) is 12.3. The number of esters is 4. The minimum absolute atomic E-state index is 0.0734. The third-order valence-electron chi connectivity index (χ3n) is 16.9. The number of carbonyl (C=O) groups excluding carboxylic acids is 4. The number of phosphoric ester groups is 2. The van der Waals surface area contributed by atoms with Crippen molar-refractivity contribution in [2.45, 2.75) is 354 Å². The second-order valence-electron chi connectivity index (χ2n) is 26.9. The van der Waals surface area contributed by atoms with Crippen LogP contribution in [0.5, 0.6) is 0 Å². The first-order valence-electron chi connectivity index (χ1n) is 40.8. The smallest absolute Gasteiger partial charge is 0.462 e. The molecule has 104 heavy (non-hydrogen) atoms. The molecule has 19 heteroatoms. The number of aliphatic hydroxyl groups excluding tert-OH is 1. The molecule has 0 aromatic heterocycles. The summed E-state index contributed by atoms with van der Waals surface area (Å²) in [5.41, 5.74) is 0. The van der Waals surface area contributed by atoms with Crippen molar-refractivity contribution in [3.05, 3.63) is 122 Å². The van der Waals surface area contributed by atoms with Crippen LogP contribution in [-0.4, -0.2) is 96.7 Å².